The number of benzene rings is 1. The topological polar surface area (TPSA) is 67.4 Å². The second kappa shape index (κ2) is 8.18. The lowest BCUT2D eigenvalue weighted by Crippen LogP contribution is -2.33. The maximum absolute atomic E-state index is 12.0. The Kier molecular flexibility index (Phi) is 7.27. The van der Waals surface area contributed by atoms with E-state index in [9.17, 15) is 8.42 Å². The third-order valence-corrected chi connectivity index (χ3v) is 5.45. The normalized spacial score (nSPS) is 11.7. The lowest BCUT2D eigenvalue weighted by Gasteiger charge is -2.09. The van der Waals surface area contributed by atoms with E-state index in [4.69, 9.17) is 16.3 Å². The molecular formula is C11H16BrClN2O3S. The van der Waals surface area contributed by atoms with Crippen LogP contribution < -0.4 is 10.0 Å². The fourth-order valence-corrected chi connectivity index (χ4v) is 3.61. The predicted molar refractivity (Wildman–Crippen MR) is 79.1 cm³/mol. The van der Waals surface area contributed by atoms with Crippen molar-refractivity contribution in [2.24, 2.45) is 0 Å². The van der Waals surface area contributed by atoms with E-state index >= 15 is 0 Å². The molecule has 0 radical (unpaired) electrons. The molecule has 0 fully saturated rings. The van der Waals surface area contributed by atoms with Crippen LogP contribution in [-0.4, -0.2) is 41.8 Å². The first-order chi connectivity index (χ1) is 8.99. The van der Waals surface area contributed by atoms with Crippen molar-refractivity contribution in [2.75, 3.05) is 33.4 Å². The minimum atomic E-state index is -3.56. The zero-order chi connectivity index (χ0) is 14.3. The molecule has 5 nitrogen and oxygen atoms in total. The van der Waals surface area contributed by atoms with Gasteiger partial charge in [-0.15, -0.1) is 0 Å². The fraction of sp³-hybridized carbons (Fsp3) is 0.455. The van der Waals surface area contributed by atoms with Gasteiger partial charge in [-0.2, -0.15) is 0 Å². The van der Waals surface area contributed by atoms with Crippen molar-refractivity contribution in [1.29, 1.82) is 0 Å². The summed E-state index contributed by atoms with van der Waals surface area (Å²) >= 11 is 9.05. The Hall–Kier alpha value is -0.180. The number of rotatable bonds is 8. The molecule has 0 saturated heterocycles. The molecule has 1 aromatic rings. The van der Waals surface area contributed by atoms with Crippen molar-refractivity contribution in [3.05, 3.63) is 27.7 Å². The number of halogens is 2. The van der Waals surface area contributed by atoms with Crippen molar-refractivity contribution in [1.82, 2.24) is 10.0 Å². The second-order valence-electron chi connectivity index (χ2n) is 3.69. The van der Waals surface area contributed by atoms with Gasteiger partial charge in [-0.1, -0.05) is 17.7 Å². The minimum absolute atomic E-state index is 0.136. The van der Waals surface area contributed by atoms with E-state index in [0.29, 0.717) is 35.7 Å². The molecule has 2 N–H and O–H groups in total. The van der Waals surface area contributed by atoms with Gasteiger partial charge in [0.15, 0.2) is 0 Å². The summed E-state index contributed by atoms with van der Waals surface area (Å²) in [5.74, 6) is 0. The molecule has 0 atom stereocenters. The smallest absolute Gasteiger partial charge is 0.241 e. The first kappa shape index (κ1) is 16.9. The van der Waals surface area contributed by atoms with Crippen LogP contribution in [0.3, 0.4) is 0 Å². The molecular weight excluding hydrogens is 356 g/mol. The molecule has 0 aliphatic carbocycles. The van der Waals surface area contributed by atoms with E-state index in [1.54, 1.807) is 19.2 Å². The van der Waals surface area contributed by atoms with Gasteiger partial charge in [-0.05, 0) is 28.1 Å². The quantitative estimate of drug-likeness (QED) is 0.681. The lowest BCUT2D eigenvalue weighted by molar-refractivity contribution is 0.199. The third-order valence-electron chi connectivity index (χ3n) is 2.28. The van der Waals surface area contributed by atoms with Crippen LogP contribution in [0, 0.1) is 0 Å². The SMILES string of the molecule is COCCNCCNS(=O)(=O)c1cccc(Cl)c1Br. The number of sulfonamides is 1. The fourth-order valence-electron chi connectivity index (χ4n) is 1.34. The summed E-state index contributed by atoms with van der Waals surface area (Å²) in [5, 5.41) is 3.41. The average Bonchev–Trinajstić information content (AvgIpc) is 2.36. The zero-order valence-corrected chi connectivity index (χ0v) is 13.6. The summed E-state index contributed by atoms with van der Waals surface area (Å²) in [6.07, 6.45) is 0. The summed E-state index contributed by atoms with van der Waals surface area (Å²) in [5.41, 5.74) is 0. The summed E-state index contributed by atoms with van der Waals surface area (Å²) in [4.78, 5) is 0.136. The molecule has 0 heterocycles. The van der Waals surface area contributed by atoms with Crippen molar-refractivity contribution in [3.63, 3.8) is 0 Å². The molecule has 0 aliphatic rings. The van der Waals surface area contributed by atoms with Crippen molar-refractivity contribution >= 4 is 37.6 Å². The first-order valence-electron chi connectivity index (χ1n) is 5.62. The molecule has 0 unspecified atom stereocenters. The van der Waals surface area contributed by atoms with Gasteiger partial charge in [0.25, 0.3) is 0 Å². The summed E-state index contributed by atoms with van der Waals surface area (Å²) in [6, 6.07) is 4.71. The lowest BCUT2D eigenvalue weighted by atomic mass is 10.4. The van der Waals surface area contributed by atoms with E-state index in [1.807, 2.05) is 0 Å². The van der Waals surface area contributed by atoms with Crippen molar-refractivity contribution in [3.8, 4) is 0 Å². The summed E-state index contributed by atoms with van der Waals surface area (Å²) < 4.78 is 31.8. The molecule has 0 spiro atoms. The largest absolute Gasteiger partial charge is 0.383 e. The third kappa shape index (κ3) is 5.37. The molecule has 0 aromatic heterocycles. The van der Waals surface area contributed by atoms with Crippen LogP contribution in [0.15, 0.2) is 27.6 Å². The van der Waals surface area contributed by atoms with Crippen LogP contribution in [0.1, 0.15) is 0 Å². The molecule has 0 aliphatic heterocycles. The molecule has 0 saturated carbocycles. The molecule has 108 valence electrons. The van der Waals surface area contributed by atoms with E-state index in [0.717, 1.165) is 0 Å². The summed E-state index contributed by atoms with van der Waals surface area (Å²) in [6.45, 7) is 2.09. The standard InChI is InChI=1S/C11H16BrClN2O3S/c1-18-8-7-14-5-6-15-19(16,17)10-4-2-3-9(13)11(10)12/h2-4,14-15H,5-8H2,1H3. The molecule has 8 heteroatoms. The van der Waals surface area contributed by atoms with Gasteiger partial charge in [-0.25, -0.2) is 13.1 Å². The Balaban J connectivity index is 2.54. The van der Waals surface area contributed by atoms with Crippen molar-refractivity contribution in [2.45, 2.75) is 4.90 Å². The Labute approximate surface area is 126 Å². The van der Waals surface area contributed by atoms with E-state index < -0.39 is 10.0 Å². The minimum Gasteiger partial charge on any atom is -0.383 e. The highest BCUT2D eigenvalue weighted by Crippen LogP contribution is 2.29. The second-order valence-corrected chi connectivity index (χ2v) is 6.63. The number of hydrogen-bond donors (Lipinski definition) is 2. The number of hydrogen-bond acceptors (Lipinski definition) is 4. The number of nitrogens with one attached hydrogen (secondary N) is 2. The van der Waals surface area contributed by atoms with Crippen LogP contribution in [-0.2, 0) is 14.8 Å². The molecule has 1 rings (SSSR count). The highest BCUT2D eigenvalue weighted by Gasteiger charge is 2.18. The Bertz CT molecular complexity index is 511. The average molecular weight is 372 g/mol. The van der Waals surface area contributed by atoms with Gasteiger partial charge in [0.05, 0.1) is 21.0 Å². The van der Waals surface area contributed by atoms with E-state index in [2.05, 4.69) is 26.0 Å². The van der Waals surface area contributed by atoms with Gasteiger partial charge in [0.1, 0.15) is 0 Å². The van der Waals surface area contributed by atoms with E-state index in [-0.39, 0.29) is 4.90 Å². The maximum Gasteiger partial charge on any atom is 0.241 e. The number of methoxy groups -OCH3 is 1. The van der Waals surface area contributed by atoms with Gasteiger partial charge in [-0.3, -0.25) is 0 Å². The van der Waals surface area contributed by atoms with Gasteiger partial charge < -0.3 is 10.1 Å². The Morgan fingerprint density at radius 1 is 1.32 bits per heavy atom. The highest BCUT2D eigenvalue weighted by molar-refractivity contribution is 9.10. The molecule has 0 bridgehead atoms. The molecule has 19 heavy (non-hydrogen) atoms. The summed E-state index contributed by atoms with van der Waals surface area (Å²) in [7, 11) is -1.95. The van der Waals surface area contributed by atoms with Crippen molar-refractivity contribution < 1.29 is 13.2 Å². The van der Waals surface area contributed by atoms with Crippen LogP contribution in [0.25, 0.3) is 0 Å². The monoisotopic (exact) mass is 370 g/mol. The van der Waals surface area contributed by atoms with Gasteiger partial charge in [0.2, 0.25) is 10.0 Å². The van der Waals surface area contributed by atoms with Crippen LogP contribution in [0.2, 0.25) is 5.02 Å². The predicted octanol–water partition coefficient (Wildman–Crippen LogP) is 1.62. The van der Waals surface area contributed by atoms with Gasteiger partial charge in [0, 0.05) is 26.7 Å². The maximum atomic E-state index is 12.0. The zero-order valence-electron chi connectivity index (χ0n) is 10.4. The number of ether oxygens (including phenoxy) is 1. The van der Waals surface area contributed by atoms with E-state index in [1.165, 1.54) is 6.07 Å². The van der Waals surface area contributed by atoms with Gasteiger partial charge >= 0.3 is 0 Å². The van der Waals surface area contributed by atoms with Crippen LogP contribution >= 0.6 is 27.5 Å². The first-order valence-corrected chi connectivity index (χ1v) is 8.28. The Morgan fingerprint density at radius 2 is 2.05 bits per heavy atom. The van der Waals surface area contributed by atoms with Crippen LogP contribution in [0.4, 0.5) is 0 Å². The highest BCUT2D eigenvalue weighted by atomic mass is 79.9. The molecule has 0 amide bonds. The van der Waals surface area contributed by atoms with Crippen LogP contribution in [0.5, 0.6) is 0 Å². The molecule has 1 aromatic carbocycles. The Morgan fingerprint density at radius 3 is 2.74 bits per heavy atom.